The first kappa shape index (κ1) is 13.8. The molecule has 1 saturated heterocycles. The van der Waals surface area contributed by atoms with Crippen LogP contribution in [0, 0.1) is 0 Å². The molecule has 0 spiro atoms. The molecule has 1 fully saturated rings. The molecule has 5 heteroatoms. The van der Waals surface area contributed by atoms with Crippen molar-refractivity contribution in [3.05, 3.63) is 28.7 Å². The Hall–Kier alpha value is -0.650. The number of thiocarbonyl (C=S) groups is 1. The number of nitrogens with zero attached hydrogens (tertiary/aromatic N) is 2. The predicted octanol–water partition coefficient (Wildman–Crippen LogP) is 2.78. The van der Waals surface area contributed by atoms with Crippen molar-refractivity contribution in [3.63, 3.8) is 0 Å². The van der Waals surface area contributed by atoms with Gasteiger partial charge >= 0.3 is 0 Å². The topological polar surface area (TPSA) is 18.5 Å². The lowest BCUT2D eigenvalue weighted by Gasteiger charge is -2.35. The minimum Gasteiger partial charge on any atom is -0.346 e. The third kappa shape index (κ3) is 3.67. The molecule has 1 aliphatic heterocycles. The predicted molar refractivity (Wildman–Crippen MR) is 84.0 cm³/mol. The van der Waals surface area contributed by atoms with Crippen LogP contribution in [0.3, 0.4) is 0 Å². The number of rotatable bonds is 2. The van der Waals surface area contributed by atoms with Crippen LogP contribution in [0.4, 0.5) is 5.69 Å². The summed E-state index contributed by atoms with van der Waals surface area (Å²) < 4.78 is 1.06. The second-order valence-corrected chi connectivity index (χ2v) is 5.66. The maximum Gasteiger partial charge on any atom is 0.173 e. The molecule has 1 aromatic carbocycles. The lowest BCUT2D eigenvalue weighted by molar-refractivity contribution is 0.191. The lowest BCUT2D eigenvalue weighted by Crippen LogP contribution is -2.49. The Kier molecular flexibility index (Phi) is 4.97. The summed E-state index contributed by atoms with van der Waals surface area (Å²) in [6.07, 6.45) is 0. The molecule has 0 radical (unpaired) electrons. The van der Waals surface area contributed by atoms with Gasteiger partial charge in [-0.2, -0.15) is 0 Å². The molecular weight excluding hydrogens is 310 g/mol. The van der Waals surface area contributed by atoms with E-state index in [4.69, 9.17) is 12.2 Å². The highest BCUT2D eigenvalue weighted by atomic mass is 79.9. The Bertz CT molecular complexity index is 416. The van der Waals surface area contributed by atoms with Crippen molar-refractivity contribution in [2.24, 2.45) is 0 Å². The van der Waals surface area contributed by atoms with Gasteiger partial charge in [-0.1, -0.05) is 28.9 Å². The Morgan fingerprint density at radius 2 is 2.06 bits per heavy atom. The fourth-order valence-electron chi connectivity index (χ4n) is 2.04. The number of benzene rings is 1. The van der Waals surface area contributed by atoms with Crippen LogP contribution >= 0.6 is 28.1 Å². The highest BCUT2D eigenvalue weighted by Crippen LogP contribution is 2.16. The smallest absolute Gasteiger partial charge is 0.173 e. The average molecular weight is 328 g/mol. The molecule has 0 unspecified atom stereocenters. The summed E-state index contributed by atoms with van der Waals surface area (Å²) >= 11 is 8.92. The van der Waals surface area contributed by atoms with Gasteiger partial charge in [0, 0.05) is 36.3 Å². The Balaban J connectivity index is 1.89. The number of hydrogen-bond acceptors (Lipinski definition) is 2. The van der Waals surface area contributed by atoms with Crippen LogP contribution in [0.2, 0.25) is 0 Å². The zero-order valence-electron chi connectivity index (χ0n) is 10.5. The summed E-state index contributed by atoms with van der Waals surface area (Å²) in [5, 5.41) is 4.12. The minimum atomic E-state index is 0.823. The molecular formula is C13H18BrN3S. The van der Waals surface area contributed by atoms with E-state index in [1.807, 2.05) is 24.3 Å². The van der Waals surface area contributed by atoms with Gasteiger partial charge in [0.1, 0.15) is 0 Å². The first-order valence-electron chi connectivity index (χ1n) is 6.23. The summed E-state index contributed by atoms with van der Waals surface area (Å²) in [7, 11) is 0. The molecule has 1 aliphatic rings. The maximum absolute atomic E-state index is 5.46. The van der Waals surface area contributed by atoms with Crippen molar-refractivity contribution < 1.29 is 0 Å². The largest absolute Gasteiger partial charge is 0.346 e. The first-order valence-corrected chi connectivity index (χ1v) is 7.43. The first-order chi connectivity index (χ1) is 8.69. The Labute approximate surface area is 122 Å². The fourth-order valence-corrected chi connectivity index (χ4v) is 2.74. The highest BCUT2D eigenvalue weighted by molar-refractivity contribution is 9.10. The summed E-state index contributed by atoms with van der Waals surface area (Å²) in [5.41, 5.74) is 1.03. The molecule has 0 aliphatic carbocycles. The van der Waals surface area contributed by atoms with Crippen LogP contribution in [0.15, 0.2) is 28.7 Å². The number of piperazine rings is 1. The van der Waals surface area contributed by atoms with Gasteiger partial charge in [-0.3, -0.25) is 0 Å². The zero-order chi connectivity index (χ0) is 13.0. The van der Waals surface area contributed by atoms with Gasteiger partial charge in [0.05, 0.1) is 0 Å². The normalized spacial score (nSPS) is 16.7. The summed E-state index contributed by atoms with van der Waals surface area (Å²) in [6.45, 7) is 7.53. The van der Waals surface area contributed by atoms with Crippen LogP contribution in [-0.2, 0) is 0 Å². The van der Waals surface area contributed by atoms with E-state index < -0.39 is 0 Å². The molecule has 18 heavy (non-hydrogen) atoms. The standard InChI is InChI=1S/C13H18BrN3S/c1-2-16-6-8-17(9-7-16)13(18)15-12-5-3-4-11(14)10-12/h3-5,10H,2,6-9H2,1H3,(H,15,18). The van der Waals surface area contributed by atoms with Gasteiger partial charge in [0.25, 0.3) is 0 Å². The summed E-state index contributed by atoms with van der Waals surface area (Å²) in [4.78, 5) is 4.68. The molecule has 3 nitrogen and oxygen atoms in total. The van der Waals surface area contributed by atoms with E-state index in [9.17, 15) is 0 Å². The molecule has 0 atom stereocenters. The molecule has 0 aromatic heterocycles. The molecule has 1 N–H and O–H groups in total. The van der Waals surface area contributed by atoms with Gasteiger partial charge in [-0.25, -0.2) is 0 Å². The molecule has 0 saturated carbocycles. The van der Waals surface area contributed by atoms with Crippen molar-refractivity contribution >= 4 is 38.9 Å². The second kappa shape index (κ2) is 6.50. The van der Waals surface area contributed by atoms with E-state index >= 15 is 0 Å². The van der Waals surface area contributed by atoms with E-state index in [1.165, 1.54) is 0 Å². The number of halogens is 1. The van der Waals surface area contributed by atoms with E-state index in [0.29, 0.717) is 0 Å². The van der Waals surface area contributed by atoms with Crippen LogP contribution in [-0.4, -0.2) is 47.6 Å². The molecule has 0 amide bonds. The van der Waals surface area contributed by atoms with Crippen molar-refractivity contribution in [2.75, 3.05) is 38.0 Å². The quantitative estimate of drug-likeness (QED) is 0.841. The average Bonchev–Trinajstić information content (AvgIpc) is 2.39. The van der Waals surface area contributed by atoms with Crippen LogP contribution < -0.4 is 5.32 Å². The minimum absolute atomic E-state index is 0.823. The fraction of sp³-hybridized carbons (Fsp3) is 0.462. The van der Waals surface area contributed by atoms with Crippen molar-refractivity contribution in [1.29, 1.82) is 0 Å². The monoisotopic (exact) mass is 327 g/mol. The third-order valence-corrected chi connectivity index (χ3v) is 4.04. The van der Waals surface area contributed by atoms with Gasteiger partial charge in [-0.15, -0.1) is 0 Å². The van der Waals surface area contributed by atoms with Gasteiger partial charge in [-0.05, 0) is 37.0 Å². The second-order valence-electron chi connectivity index (χ2n) is 4.36. The third-order valence-electron chi connectivity index (χ3n) is 3.18. The van der Waals surface area contributed by atoms with Crippen molar-refractivity contribution in [2.45, 2.75) is 6.92 Å². The van der Waals surface area contributed by atoms with Gasteiger partial charge < -0.3 is 15.1 Å². The van der Waals surface area contributed by atoms with E-state index in [1.54, 1.807) is 0 Å². The number of likely N-dealkylation sites (N-methyl/N-ethyl adjacent to an activating group) is 1. The molecule has 1 heterocycles. The Morgan fingerprint density at radius 1 is 1.33 bits per heavy atom. The van der Waals surface area contributed by atoms with Crippen LogP contribution in [0.5, 0.6) is 0 Å². The summed E-state index contributed by atoms with van der Waals surface area (Å²) in [5.74, 6) is 0. The van der Waals surface area contributed by atoms with Gasteiger partial charge in [0.2, 0.25) is 0 Å². The maximum atomic E-state index is 5.46. The SMILES string of the molecule is CCN1CCN(C(=S)Nc2cccc(Br)c2)CC1. The molecule has 2 rings (SSSR count). The number of nitrogens with one attached hydrogen (secondary N) is 1. The lowest BCUT2D eigenvalue weighted by atomic mass is 10.3. The molecule has 98 valence electrons. The van der Waals surface area contributed by atoms with E-state index in [-0.39, 0.29) is 0 Å². The van der Waals surface area contributed by atoms with E-state index in [0.717, 1.165) is 48.0 Å². The van der Waals surface area contributed by atoms with E-state index in [2.05, 4.69) is 38.0 Å². The highest BCUT2D eigenvalue weighted by Gasteiger charge is 2.17. The molecule has 0 bridgehead atoms. The number of hydrogen-bond donors (Lipinski definition) is 1. The summed E-state index contributed by atoms with van der Waals surface area (Å²) in [6, 6.07) is 8.08. The molecule has 1 aromatic rings. The number of anilines is 1. The van der Waals surface area contributed by atoms with Crippen LogP contribution in [0.25, 0.3) is 0 Å². The van der Waals surface area contributed by atoms with Crippen LogP contribution in [0.1, 0.15) is 6.92 Å². The van der Waals surface area contributed by atoms with Gasteiger partial charge in [0.15, 0.2) is 5.11 Å². The van der Waals surface area contributed by atoms with Crippen molar-refractivity contribution in [1.82, 2.24) is 9.80 Å². The van der Waals surface area contributed by atoms with Crippen molar-refractivity contribution in [3.8, 4) is 0 Å². The zero-order valence-corrected chi connectivity index (χ0v) is 12.9. The Morgan fingerprint density at radius 3 is 2.67 bits per heavy atom.